The third-order valence-electron chi connectivity index (χ3n) is 5.04. The summed E-state index contributed by atoms with van der Waals surface area (Å²) in [6.07, 6.45) is 1.08. The quantitative estimate of drug-likeness (QED) is 0.376. The molecule has 9 nitrogen and oxygen atoms in total. The monoisotopic (exact) mass is 453 g/mol. The number of anilines is 2. The largest absolute Gasteiger partial charge is 0.415 e. The van der Waals surface area contributed by atoms with E-state index >= 15 is 0 Å². The Morgan fingerprint density at radius 1 is 1.09 bits per heavy atom. The number of benzene rings is 1. The van der Waals surface area contributed by atoms with E-state index < -0.39 is 12.3 Å². The molecule has 0 aliphatic carbocycles. The van der Waals surface area contributed by atoms with Crippen molar-refractivity contribution in [3.63, 3.8) is 0 Å². The van der Waals surface area contributed by atoms with E-state index in [0.717, 1.165) is 23.4 Å². The van der Waals surface area contributed by atoms with Crippen LogP contribution in [0.1, 0.15) is 18.0 Å². The van der Waals surface area contributed by atoms with E-state index in [1.807, 2.05) is 50.3 Å². The van der Waals surface area contributed by atoms with Gasteiger partial charge in [-0.1, -0.05) is 6.07 Å². The first-order chi connectivity index (χ1) is 15.9. The van der Waals surface area contributed by atoms with Crippen LogP contribution in [-0.2, 0) is 18.4 Å². The number of carbonyl (C=O) groups excluding carboxylic acids is 1. The summed E-state index contributed by atoms with van der Waals surface area (Å²) >= 11 is 0. The van der Waals surface area contributed by atoms with Crippen molar-refractivity contribution in [2.45, 2.75) is 13.0 Å². The summed E-state index contributed by atoms with van der Waals surface area (Å²) in [6.45, 7) is 0.210. The lowest BCUT2D eigenvalue weighted by Crippen LogP contribution is -2.24. The molecule has 0 unspecified atom stereocenters. The zero-order valence-electron chi connectivity index (χ0n) is 18.2. The van der Waals surface area contributed by atoms with Gasteiger partial charge in [-0.2, -0.15) is 13.9 Å². The molecule has 170 valence electrons. The van der Waals surface area contributed by atoms with Gasteiger partial charge in [-0.15, -0.1) is 10.2 Å². The number of alkyl halides is 2. The standard InChI is InChI=1S/C22H21F2N7O2/c1-29(2)19-10-14(17-8-9-26-30(17)3)5-7-18(19)31(13-32)12-16-6-4-15(11-25-16)21-27-28-22(33-21)20(23)24/h4-11,13,20H,12H2,1-3H3. The van der Waals surface area contributed by atoms with Crippen LogP contribution in [0.15, 0.2) is 53.2 Å². The van der Waals surface area contributed by atoms with Gasteiger partial charge in [0, 0.05) is 39.1 Å². The Labute approximate surface area is 188 Å². The highest BCUT2D eigenvalue weighted by Crippen LogP contribution is 2.33. The number of aromatic nitrogens is 5. The fraction of sp³-hybridized carbons (Fsp3) is 0.227. The second kappa shape index (κ2) is 9.15. The van der Waals surface area contributed by atoms with E-state index in [1.165, 1.54) is 6.20 Å². The Balaban J connectivity index is 1.58. The summed E-state index contributed by atoms with van der Waals surface area (Å²) in [5.41, 5.74) is 4.49. The van der Waals surface area contributed by atoms with Crippen LogP contribution in [-0.4, -0.2) is 45.5 Å². The van der Waals surface area contributed by atoms with Gasteiger partial charge in [0.05, 0.1) is 34.9 Å². The minimum atomic E-state index is -2.84. The fourth-order valence-corrected chi connectivity index (χ4v) is 3.38. The highest BCUT2D eigenvalue weighted by atomic mass is 19.3. The minimum absolute atomic E-state index is 0.0442. The van der Waals surface area contributed by atoms with Crippen molar-refractivity contribution in [1.82, 2.24) is 25.0 Å². The third kappa shape index (κ3) is 4.56. The van der Waals surface area contributed by atoms with Gasteiger partial charge in [0.15, 0.2) is 0 Å². The first kappa shape index (κ1) is 22.1. The Hall–Kier alpha value is -4.15. The van der Waals surface area contributed by atoms with E-state index in [-0.39, 0.29) is 12.4 Å². The Morgan fingerprint density at radius 3 is 2.45 bits per heavy atom. The molecule has 0 spiro atoms. The molecular weight excluding hydrogens is 432 g/mol. The second-order valence-corrected chi connectivity index (χ2v) is 7.46. The molecule has 11 heteroatoms. The average molecular weight is 453 g/mol. The van der Waals surface area contributed by atoms with E-state index in [0.29, 0.717) is 16.9 Å². The predicted molar refractivity (Wildman–Crippen MR) is 118 cm³/mol. The number of nitrogens with zero attached hydrogens (tertiary/aromatic N) is 7. The Bertz CT molecular complexity index is 1250. The van der Waals surface area contributed by atoms with Crippen molar-refractivity contribution in [3.8, 4) is 22.7 Å². The fourth-order valence-electron chi connectivity index (χ4n) is 3.38. The SMILES string of the molecule is CN(C)c1cc(-c2ccnn2C)ccc1N(C=O)Cc1ccc(-c2nnc(C(F)F)o2)cn1. The number of carbonyl (C=O) groups is 1. The Kier molecular flexibility index (Phi) is 6.11. The third-order valence-corrected chi connectivity index (χ3v) is 5.04. The topological polar surface area (TPSA) is 93.2 Å². The summed E-state index contributed by atoms with van der Waals surface area (Å²) in [5, 5.41) is 11.1. The molecule has 0 aliphatic rings. The van der Waals surface area contributed by atoms with Gasteiger partial charge in [0.1, 0.15) is 0 Å². The second-order valence-electron chi connectivity index (χ2n) is 7.46. The van der Waals surface area contributed by atoms with Crippen LogP contribution in [0.3, 0.4) is 0 Å². The zero-order valence-corrected chi connectivity index (χ0v) is 18.2. The van der Waals surface area contributed by atoms with E-state index in [1.54, 1.807) is 27.9 Å². The molecule has 3 heterocycles. The number of hydrogen-bond donors (Lipinski definition) is 0. The molecule has 4 aromatic rings. The molecular formula is C22H21F2N7O2. The molecule has 0 fully saturated rings. The van der Waals surface area contributed by atoms with Gasteiger partial charge in [0.2, 0.25) is 12.3 Å². The molecule has 33 heavy (non-hydrogen) atoms. The van der Waals surface area contributed by atoms with Crippen LogP contribution >= 0.6 is 0 Å². The normalized spacial score (nSPS) is 11.1. The molecule has 0 bridgehead atoms. The van der Waals surface area contributed by atoms with Gasteiger partial charge < -0.3 is 14.2 Å². The van der Waals surface area contributed by atoms with Crippen LogP contribution in [0.4, 0.5) is 20.2 Å². The highest BCUT2D eigenvalue weighted by Gasteiger charge is 2.18. The molecule has 0 atom stereocenters. The summed E-state index contributed by atoms with van der Waals surface area (Å²) in [4.78, 5) is 19.8. The molecule has 4 rings (SSSR count). The van der Waals surface area contributed by atoms with Crippen LogP contribution in [0.25, 0.3) is 22.7 Å². The maximum Gasteiger partial charge on any atom is 0.314 e. The van der Waals surface area contributed by atoms with E-state index in [9.17, 15) is 13.6 Å². The van der Waals surface area contributed by atoms with E-state index in [4.69, 9.17) is 4.42 Å². The van der Waals surface area contributed by atoms with Crippen molar-refractivity contribution >= 4 is 17.8 Å². The van der Waals surface area contributed by atoms with Gasteiger partial charge in [0.25, 0.3) is 5.89 Å². The minimum Gasteiger partial charge on any atom is -0.415 e. The summed E-state index contributed by atoms with van der Waals surface area (Å²) in [7, 11) is 5.67. The smallest absolute Gasteiger partial charge is 0.314 e. The Morgan fingerprint density at radius 2 is 1.88 bits per heavy atom. The summed E-state index contributed by atoms with van der Waals surface area (Å²) in [5.74, 6) is -0.788. The first-order valence-electron chi connectivity index (χ1n) is 9.96. The lowest BCUT2D eigenvalue weighted by atomic mass is 10.1. The van der Waals surface area contributed by atoms with Crippen molar-refractivity contribution in [2.75, 3.05) is 23.9 Å². The zero-order chi connectivity index (χ0) is 23.5. The molecule has 1 amide bonds. The number of rotatable bonds is 8. The number of aryl methyl sites for hydroxylation is 1. The van der Waals surface area contributed by atoms with Crippen LogP contribution in [0.5, 0.6) is 0 Å². The lowest BCUT2D eigenvalue weighted by molar-refractivity contribution is -0.107. The predicted octanol–water partition coefficient (Wildman–Crippen LogP) is 3.70. The highest BCUT2D eigenvalue weighted by molar-refractivity contribution is 5.86. The molecule has 0 saturated carbocycles. The lowest BCUT2D eigenvalue weighted by Gasteiger charge is -2.25. The van der Waals surface area contributed by atoms with Gasteiger partial charge >= 0.3 is 6.43 Å². The van der Waals surface area contributed by atoms with Crippen LogP contribution in [0, 0.1) is 0 Å². The van der Waals surface area contributed by atoms with Crippen molar-refractivity contribution in [3.05, 3.63) is 60.4 Å². The van der Waals surface area contributed by atoms with Crippen molar-refractivity contribution < 1.29 is 18.0 Å². The molecule has 0 N–H and O–H groups in total. The van der Waals surface area contributed by atoms with E-state index in [2.05, 4.69) is 20.3 Å². The summed E-state index contributed by atoms with van der Waals surface area (Å²) in [6, 6.07) is 11.0. The van der Waals surface area contributed by atoms with Crippen molar-refractivity contribution in [1.29, 1.82) is 0 Å². The molecule has 3 aromatic heterocycles. The van der Waals surface area contributed by atoms with Crippen LogP contribution in [0.2, 0.25) is 0 Å². The molecule has 1 aromatic carbocycles. The van der Waals surface area contributed by atoms with Gasteiger partial charge in [-0.3, -0.25) is 14.5 Å². The average Bonchev–Trinajstić information content (AvgIpc) is 3.47. The molecule has 0 saturated heterocycles. The first-order valence-corrected chi connectivity index (χ1v) is 9.96. The maximum absolute atomic E-state index is 12.7. The van der Waals surface area contributed by atoms with Gasteiger partial charge in [-0.25, -0.2) is 0 Å². The van der Waals surface area contributed by atoms with Crippen molar-refractivity contribution in [2.24, 2.45) is 7.05 Å². The maximum atomic E-state index is 12.7. The molecule has 0 radical (unpaired) electrons. The number of amides is 1. The number of halogens is 2. The van der Waals surface area contributed by atoms with Gasteiger partial charge in [-0.05, 0) is 30.3 Å². The number of pyridine rings is 1. The summed E-state index contributed by atoms with van der Waals surface area (Å²) < 4.78 is 32.0. The molecule has 0 aliphatic heterocycles. The number of hydrogen-bond acceptors (Lipinski definition) is 7. The van der Waals surface area contributed by atoms with Crippen LogP contribution < -0.4 is 9.80 Å².